The van der Waals surface area contributed by atoms with Gasteiger partial charge in [0.25, 0.3) is 0 Å². The Morgan fingerprint density at radius 3 is 1.58 bits per heavy atom. The van der Waals surface area contributed by atoms with Crippen LogP contribution in [0.3, 0.4) is 0 Å². The molecule has 3 aromatic rings. The van der Waals surface area contributed by atoms with Crippen molar-refractivity contribution in [1.82, 2.24) is 26.6 Å². The molecule has 1 fully saturated rings. The highest BCUT2D eigenvalue weighted by molar-refractivity contribution is 5.71. The highest BCUT2D eigenvalue weighted by Gasteiger charge is 2.29. The normalized spacial score (nSPS) is 19.2. The number of carbonyl (C=O) groups is 2. The van der Waals surface area contributed by atoms with Crippen LogP contribution in [-0.4, -0.2) is 37.5 Å². The first-order valence-corrected chi connectivity index (χ1v) is 10.9. The fourth-order valence-electron chi connectivity index (χ4n) is 3.00. The van der Waals surface area contributed by atoms with Gasteiger partial charge in [-0.2, -0.15) is 0 Å². The molecule has 2 unspecified atom stereocenters. The van der Waals surface area contributed by atoms with Crippen LogP contribution >= 0.6 is 0 Å². The second kappa shape index (κ2) is 12.7. The van der Waals surface area contributed by atoms with Gasteiger partial charge in [0, 0.05) is 0 Å². The van der Waals surface area contributed by atoms with E-state index in [4.69, 9.17) is 19.2 Å². The standard InChI is InChI=1S/C24H24N6O6/c31-23(34-17-10-4-1-5-11-17)29-21-26-20(25-16-33-36-19-14-8-3-9-15-19)27-22(28-21)30-24(32)35-18-12-6-2-7-13-18/h1-16,20-22,26-28H,(H,29,31)(H,30,32)/b25-16+. The fourth-order valence-corrected chi connectivity index (χ4v) is 3.00. The first-order chi connectivity index (χ1) is 17.6. The Labute approximate surface area is 206 Å². The number of nitrogens with one attached hydrogen (secondary N) is 5. The van der Waals surface area contributed by atoms with Gasteiger partial charge in [-0.25, -0.2) is 14.6 Å². The van der Waals surface area contributed by atoms with Gasteiger partial charge in [-0.1, -0.05) is 54.6 Å². The van der Waals surface area contributed by atoms with Crippen LogP contribution in [0.5, 0.6) is 17.2 Å². The lowest BCUT2D eigenvalue weighted by Crippen LogP contribution is -2.75. The SMILES string of the molecule is O=C(NC1NC(/N=C/OOc2ccccc2)NC(NC(=O)Oc2ccccc2)N1)Oc1ccccc1. The third-order valence-electron chi connectivity index (χ3n) is 4.55. The van der Waals surface area contributed by atoms with Gasteiger partial charge in [0.15, 0.2) is 12.0 Å². The zero-order chi connectivity index (χ0) is 25.0. The smallest absolute Gasteiger partial charge is 0.410 e. The predicted molar refractivity (Wildman–Crippen MR) is 129 cm³/mol. The van der Waals surface area contributed by atoms with Crippen molar-refractivity contribution >= 4 is 18.6 Å². The van der Waals surface area contributed by atoms with E-state index in [2.05, 4.69) is 31.6 Å². The Morgan fingerprint density at radius 2 is 1.11 bits per heavy atom. The van der Waals surface area contributed by atoms with E-state index in [0.29, 0.717) is 17.2 Å². The molecule has 2 amide bonds. The maximum Gasteiger partial charge on any atom is 0.414 e. The highest BCUT2D eigenvalue weighted by atomic mass is 17.2. The molecule has 0 aliphatic carbocycles. The van der Waals surface area contributed by atoms with Gasteiger partial charge in [0.1, 0.15) is 24.1 Å². The molecule has 186 valence electrons. The van der Waals surface area contributed by atoms with Crippen LogP contribution in [0.1, 0.15) is 0 Å². The van der Waals surface area contributed by atoms with E-state index in [0.717, 1.165) is 6.40 Å². The van der Waals surface area contributed by atoms with Gasteiger partial charge >= 0.3 is 12.2 Å². The topological polar surface area (TPSA) is 144 Å². The Morgan fingerprint density at radius 1 is 0.667 bits per heavy atom. The summed E-state index contributed by atoms with van der Waals surface area (Å²) in [7, 11) is 0. The summed E-state index contributed by atoms with van der Waals surface area (Å²) in [6, 6.07) is 26.0. The molecular weight excluding hydrogens is 468 g/mol. The van der Waals surface area contributed by atoms with Crippen molar-refractivity contribution in [3.63, 3.8) is 0 Å². The summed E-state index contributed by atoms with van der Waals surface area (Å²) in [5.74, 6) is 1.22. The molecule has 4 rings (SSSR count). The van der Waals surface area contributed by atoms with Crippen LogP contribution in [0, 0.1) is 0 Å². The van der Waals surface area contributed by atoms with Crippen molar-refractivity contribution in [1.29, 1.82) is 0 Å². The Bertz CT molecular complexity index is 1070. The van der Waals surface area contributed by atoms with Crippen LogP contribution in [0.2, 0.25) is 0 Å². The molecule has 36 heavy (non-hydrogen) atoms. The minimum Gasteiger partial charge on any atom is -0.410 e. The number of ether oxygens (including phenoxy) is 2. The van der Waals surface area contributed by atoms with Gasteiger partial charge in [-0.15, -0.1) is 0 Å². The number of benzene rings is 3. The van der Waals surface area contributed by atoms with E-state index < -0.39 is 31.1 Å². The number of hydrogen-bond acceptors (Lipinski definition) is 10. The molecule has 0 saturated carbocycles. The number of hydrogen-bond donors (Lipinski definition) is 5. The van der Waals surface area contributed by atoms with Crippen molar-refractivity contribution in [2.75, 3.05) is 0 Å². The number of amides is 2. The van der Waals surface area contributed by atoms with Crippen molar-refractivity contribution in [2.45, 2.75) is 18.9 Å². The summed E-state index contributed by atoms with van der Waals surface area (Å²) < 4.78 is 10.5. The maximum atomic E-state index is 12.3. The average Bonchev–Trinajstić information content (AvgIpc) is 2.88. The average molecular weight is 492 g/mol. The molecule has 0 spiro atoms. The molecule has 1 aliphatic rings. The summed E-state index contributed by atoms with van der Waals surface area (Å²) in [6.07, 6.45) is -2.92. The van der Waals surface area contributed by atoms with Gasteiger partial charge in [-0.3, -0.25) is 36.4 Å². The lowest BCUT2D eigenvalue weighted by Gasteiger charge is -2.36. The zero-order valence-electron chi connectivity index (χ0n) is 18.9. The van der Waals surface area contributed by atoms with Gasteiger partial charge < -0.3 is 9.47 Å². The van der Waals surface area contributed by atoms with Gasteiger partial charge in [-0.05, 0) is 36.4 Å². The number of aliphatic imine (C=N–C) groups is 1. The van der Waals surface area contributed by atoms with E-state index in [-0.39, 0.29) is 0 Å². The quantitative estimate of drug-likeness (QED) is 0.138. The lowest BCUT2D eigenvalue weighted by atomic mass is 10.3. The first-order valence-electron chi connectivity index (χ1n) is 10.9. The third kappa shape index (κ3) is 7.99. The number of carbonyl (C=O) groups excluding carboxylic acids is 2. The number of para-hydroxylation sites is 3. The molecule has 3 aromatic carbocycles. The zero-order valence-corrected chi connectivity index (χ0v) is 18.9. The Hall–Kier alpha value is -4.65. The van der Waals surface area contributed by atoms with Gasteiger partial charge in [0.05, 0.1) is 0 Å². The van der Waals surface area contributed by atoms with E-state index >= 15 is 0 Å². The van der Waals surface area contributed by atoms with E-state index in [1.54, 1.807) is 84.9 Å². The van der Waals surface area contributed by atoms with Crippen molar-refractivity contribution in [3.8, 4) is 17.2 Å². The largest absolute Gasteiger partial charge is 0.414 e. The monoisotopic (exact) mass is 492 g/mol. The van der Waals surface area contributed by atoms with Crippen molar-refractivity contribution in [2.24, 2.45) is 4.99 Å². The molecule has 5 N–H and O–H groups in total. The van der Waals surface area contributed by atoms with Crippen molar-refractivity contribution in [3.05, 3.63) is 91.0 Å². The number of rotatable bonds is 8. The number of nitrogens with zero attached hydrogens (tertiary/aromatic N) is 1. The second-order valence-electron chi connectivity index (χ2n) is 7.21. The van der Waals surface area contributed by atoms with Crippen LogP contribution < -0.4 is 40.9 Å². The fraction of sp³-hybridized carbons (Fsp3) is 0.125. The molecule has 0 bridgehead atoms. The van der Waals surface area contributed by atoms with E-state index in [9.17, 15) is 9.59 Å². The van der Waals surface area contributed by atoms with Crippen LogP contribution in [0.15, 0.2) is 96.0 Å². The summed E-state index contributed by atoms with van der Waals surface area (Å²) in [5, 5.41) is 14.1. The second-order valence-corrected chi connectivity index (χ2v) is 7.21. The molecule has 1 saturated heterocycles. The van der Waals surface area contributed by atoms with Crippen LogP contribution in [0.4, 0.5) is 9.59 Å². The van der Waals surface area contributed by atoms with E-state index in [1.807, 2.05) is 6.07 Å². The first kappa shape index (κ1) is 24.5. The molecule has 0 radical (unpaired) electrons. The third-order valence-corrected chi connectivity index (χ3v) is 4.55. The predicted octanol–water partition coefficient (Wildman–Crippen LogP) is 2.24. The Kier molecular flexibility index (Phi) is 8.64. The van der Waals surface area contributed by atoms with E-state index in [1.165, 1.54) is 0 Å². The van der Waals surface area contributed by atoms with Crippen molar-refractivity contribution < 1.29 is 28.8 Å². The lowest BCUT2D eigenvalue weighted by molar-refractivity contribution is -0.110. The minimum absolute atomic E-state index is 0.367. The molecular formula is C24H24N6O6. The molecule has 0 aromatic heterocycles. The Balaban J connectivity index is 1.35. The highest BCUT2D eigenvalue weighted by Crippen LogP contribution is 2.10. The minimum atomic E-state index is -0.860. The summed E-state index contributed by atoms with van der Waals surface area (Å²) >= 11 is 0. The molecule has 12 nitrogen and oxygen atoms in total. The van der Waals surface area contributed by atoms with Gasteiger partial charge in [0.2, 0.25) is 6.40 Å². The van der Waals surface area contributed by atoms with Crippen LogP contribution in [-0.2, 0) is 4.89 Å². The summed E-state index contributed by atoms with van der Waals surface area (Å²) in [5.41, 5.74) is 0. The summed E-state index contributed by atoms with van der Waals surface area (Å²) in [4.78, 5) is 39.0. The molecule has 1 aliphatic heterocycles. The molecule has 2 atom stereocenters. The molecule has 1 heterocycles. The molecule has 12 heteroatoms. The maximum absolute atomic E-state index is 12.3. The summed E-state index contributed by atoms with van der Waals surface area (Å²) in [6.45, 7) is 0. The van der Waals surface area contributed by atoms with Crippen LogP contribution in [0.25, 0.3) is 0 Å².